The van der Waals surface area contributed by atoms with E-state index in [9.17, 15) is 32.3 Å². The highest BCUT2D eigenvalue weighted by atomic mass is 32.2. The monoisotopic (exact) mass is 677 g/mol. The number of nitrogens with one attached hydrogen (secondary N) is 2. The third kappa shape index (κ3) is 4.98. The molecule has 8 nitrogen and oxygen atoms in total. The van der Waals surface area contributed by atoms with Gasteiger partial charge >= 0.3 is 11.0 Å². The highest BCUT2D eigenvalue weighted by molar-refractivity contribution is 8.00. The molecule has 13 heteroatoms. The minimum absolute atomic E-state index is 0.0627. The third-order valence-corrected chi connectivity index (χ3v) is 12.4. The van der Waals surface area contributed by atoms with Gasteiger partial charge in [-0.05, 0) is 72.2 Å². The smallest absolute Gasteiger partial charge is 0.416 e. The van der Waals surface area contributed by atoms with Crippen LogP contribution in [0.2, 0.25) is 0 Å². The SMILES string of the molecule is O=C(COc1ccc([C@H]2c3sc(=O)[nH]c3SC3C2[C@H]2C[C@@H]3C3C(=O)N(c4cccc(C(F)(F)F)c4)C(=O)C32)cc1)Nc1ccccc1. The molecule has 3 aromatic carbocycles. The van der Waals surface area contributed by atoms with E-state index in [1.807, 2.05) is 30.3 Å². The van der Waals surface area contributed by atoms with E-state index in [-0.39, 0.29) is 52.0 Å². The summed E-state index contributed by atoms with van der Waals surface area (Å²) in [7, 11) is 0. The molecule has 1 aromatic heterocycles. The molecule has 2 saturated carbocycles. The second-order valence-electron chi connectivity index (χ2n) is 12.3. The van der Waals surface area contributed by atoms with E-state index < -0.39 is 35.4 Å². The second kappa shape index (κ2) is 11.1. The number of hydrogen-bond acceptors (Lipinski definition) is 7. The third-order valence-electron chi connectivity index (χ3n) is 9.82. The summed E-state index contributed by atoms with van der Waals surface area (Å²) in [6.45, 7) is -0.187. The van der Waals surface area contributed by atoms with Crippen molar-refractivity contribution in [3.63, 3.8) is 0 Å². The number of thioether (sulfide) groups is 1. The number of carbonyl (C=O) groups excluding carboxylic acids is 3. The number of imide groups is 1. The number of rotatable bonds is 6. The lowest BCUT2D eigenvalue weighted by Gasteiger charge is -2.43. The summed E-state index contributed by atoms with van der Waals surface area (Å²) >= 11 is 2.67. The van der Waals surface area contributed by atoms with Crippen molar-refractivity contribution in [1.29, 1.82) is 0 Å². The van der Waals surface area contributed by atoms with E-state index in [0.29, 0.717) is 17.9 Å². The van der Waals surface area contributed by atoms with Crippen molar-refractivity contribution in [3.05, 3.63) is 105 Å². The Kier molecular flexibility index (Phi) is 7.10. The van der Waals surface area contributed by atoms with Crippen molar-refractivity contribution in [1.82, 2.24) is 4.98 Å². The highest BCUT2D eigenvalue weighted by Crippen LogP contribution is 2.68. The lowest BCUT2D eigenvalue weighted by molar-refractivity contribution is -0.137. The van der Waals surface area contributed by atoms with Crippen LogP contribution >= 0.6 is 23.1 Å². The van der Waals surface area contributed by atoms with Gasteiger partial charge in [-0.25, -0.2) is 0 Å². The summed E-state index contributed by atoms with van der Waals surface area (Å²) in [6, 6.07) is 20.8. The number of hydrogen-bond donors (Lipinski definition) is 2. The van der Waals surface area contributed by atoms with Gasteiger partial charge in [0.1, 0.15) is 5.75 Å². The molecule has 3 heterocycles. The van der Waals surface area contributed by atoms with Crippen LogP contribution in [0.25, 0.3) is 0 Å². The van der Waals surface area contributed by atoms with E-state index in [1.54, 1.807) is 24.3 Å². The van der Waals surface area contributed by atoms with Gasteiger partial charge in [-0.2, -0.15) is 13.2 Å². The maximum Gasteiger partial charge on any atom is 0.416 e. The lowest BCUT2D eigenvalue weighted by Crippen LogP contribution is -2.42. The van der Waals surface area contributed by atoms with Crippen LogP contribution in [-0.2, 0) is 20.6 Å². The number of benzene rings is 3. The Balaban J connectivity index is 1.07. The van der Waals surface area contributed by atoms with E-state index in [0.717, 1.165) is 43.8 Å². The summed E-state index contributed by atoms with van der Waals surface area (Å²) in [6.07, 6.45) is -3.96. The van der Waals surface area contributed by atoms with Gasteiger partial charge in [0.05, 0.1) is 28.1 Å². The van der Waals surface area contributed by atoms with Crippen LogP contribution in [-0.4, -0.2) is 34.6 Å². The molecule has 0 radical (unpaired) electrons. The Morgan fingerprint density at radius 3 is 2.38 bits per heavy atom. The molecule has 2 bridgehead atoms. The number of thiazole rings is 1. The van der Waals surface area contributed by atoms with Gasteiger partial charge in [0.2, 0.25) is 11.8 Å². The van der Waals surface area contributed by atoms with Gasteiger partial charge in [-0.1, -0.05) is 47.7 Å². The predicted octanol–water partition coefficient (Wildman–Crippen LogP) is 6.15. The normalized spacial score (nSPS) is 27.4. The molecule has 3 amide bonds. The van der Waals surface area contributed by atoms with Crippen molar-refractivity contribution < 1.29 is 32.3 Å². The number of carbonyl (C=O) groups is 3. The van der Waals surface area contributed by atoms with E-state index in [2.05, 4.69) is 10.3 Å². The fourth-order valence-corrected chi connectivity index (χ4v) is 11.0. The summed E-state index contributed by atoms with van der Waals surface area (Å²) in [5.74, 6) is -2.67. The number of H-pyrrole nitrogens is 1. The van der Waals surface area contributed by atoms with E-state index in [1.165, 1.54) is 23.9 Å². The van der Waals surface area contributed by atoms with Crippen molar-refractivity contribution in [3.8, 4) is 5.75 Å². The van der Waals surface area contributed by atoms with Gasteiger partial charge in [0.25, 0.3) is 5.91 Å². The van der Waals surface area contributed by atoms with E-state index in [4.69, 9.17) is 4.74 Å². The number of fused-ring (bicyclic) bond motifs is 9. The van der Waals surface area contributed by atoms with Crippen molar-refractivity contribution in [2.75, 3.05) is 16.8 Å². The Morgan fingerprint density at radius 1 is 0.936 bits per heavy atom. The van der Waals surface area contributed by atoms with Crippen LogP contribution in [0.15, 0.2) is 88.7 Å². The molecular weight excluding hydrogens is 652 g/mol. The second-order valence-corrected chi connectivity index (χ2v) is 14.5. The molecule has 4 aromatic rings. The van der Waals surface area contributed by atoms with Gasteiger partial charge in [0, 0.05) is 21.7 Å². The van der Waals surface area contributed by atoms with Gasteiger partial charge in [0.15, 0.2) is 6.61 Å². The fourth-order valence-electron chi connectivity index (χ4n) is 8.10. The molecule has 7 atom stereocenters. The van der Waals surface area contributed by atoms with Crippen molar-refractivity contribution in [2.24, 2.45) is 29.6 Å². The maximum absolute atomic E-state index is 13.9. The Bertz CT molecular complexity index is 1960. The first-order chi connectivity index (χ1) is 22.6. The largest absolute Gasteiger partial charge is 0.484 e. The van der Waals surface area contributed by atoms with Crippen LogP contribution < -0.4 is 19.8 Å². The number of aromatic amines is 1. The molecule has 2 N–H and O–H groups in total. The van der Waals surface area contributed by atoms with Gasteiger partial charge in [-0.15, -0.1) is 11.8 Å². The molecule has 1 saturated heterocycles. The molecule has 4 aliphatic rings. The quantitative estimate of drug-likeness (QED) is 0.237. The fraction of sp³-hybridized carbons (Fsp3) is 0.294. The van der Waals surface area contributed by atoms with Crippen LogP contribution in [0.4, 0.5) is 24.5 Å². The zero-order chi connectivity index (χ0) is 32.6. The Labute approximate surface area is 274 Å². The molecule has 4 unspecified atom stereocenters. The zero-order valence-electron chi connectivity index (χ0n) is 24.4. The summed E-state index contributed by atoms with van der Waals surface area (Å²) in [5.41, 5.74) is 0.592. The number of amides is 3. The number of alkyl halides is 3. The van der Waals surface area contributed by atoms with Crippen molar-refractivity contribution in [2.45, 2.75) is 28.8 Å². The molecule has 240 valence electrons. The number of halogens is 3. The highest BCUT2D eigenvalue weighted by Gasteiger charge is 2.69. The number of ether oxygens (including phenoxy) is 1. The number of para-hydroxylation sites is 1. The molecule has 3 fully saturated rings. The molecule has 47 heavy (non-hydrogen) atoms. The Hall–Kier alpha value is -4.36. The molecule has 2 aliphatic carbocycles. The standard InChI is InChI=1S/C34H26F3N3O5S2/c35-34(36,37)17-5-4-8-19(13-17)40-31(42)26-21-14-22(27(26)32(40)43)28-25(21)24(29-30(46-28)39-33(44)47-29)16-9-11-20(12-10-16)45-15-23(41)38-18-6-2-1-3-7-18/h1-13,21-22,24-28H,14-15H2,(H,38,41)(H,39,44)/t21-,22-,24-,25?,26?,27?,28?/m1/s1. The van der Waals surface area contributed by atoms with Crippen LogP contribution in [0.1, 0.15) is 28.3 Å². The Morgan fingerprint density at radius 2 is 1.66 bits per heavy atom. The minimum Gasteiger partial charge on any atom is -0.484 e. The van der Waals surface area contributed by atoms with Crippen LogP contribution in [0.3, 0.4) is 0 Å². The first kappa shape index (κ1) is 30.0. The average molecular weight is 678 g/mol. The van der Waals surface area contributed by atoms with Crippen LogP contribution in [0.5, 0.6) is 5.75 Å². The minimum atomic E-state index is -4.61. The number of aromatic nitrogens is 1. The number of nitrogens with zero attached hydrogens (tertiary/aromatic N) is 1. The van der Waals surface area contributed by atoms with Crippen LogP contribution in [0, 0.1) is 29.6 Å². The first-order valence-electron chi connectivity index (χ1n) is 15.1. The van der Waals surface area contributed by atoms with Gasteiger partial charge in [-0.3, -0.25) is 24.1 Å². The summed E-state index contributed by atoms with van der Waals surface area (Å²) < 4.78 is 46.2. The van der Waals surface area contributed by atoms with E-state index >= 15 is 0 Å². The average Bonchev–Trinajstić information content (AvgIpc) is 3.79. The predicted molar refractivity (Wildman–Crippen MR) is 169 cm³/mol. The van der Waals surface area contributed by atoms with Crippen molar-refractivity contribution >= 4 is 52.2 Å². The summed E-state index contributed by atoms with van der Waals surface area (Å²) in [5, 5.41) is 3.45. The first-order valence-corrected chi connectivity index (χ1v) is 16.8. The zero-order valence-corrected chi connectivity index (χ0v) is 26.0. The molecular formula is C34H26F3N3O5S2. The molecule has 0 spiro atoms. The van der Waals surface area contributed by atoms with Gasteiger partial charge < -0.3 is 15.0 Å². The maximum atomic E-state index is 13.9. The molecule has 2 aliphatic heterocycles. The molecule has 8 rings (SSSR count). The lowest BCUT2D eigenvalue weighted by atomic mass is 9.68. The summed E-state index contributed by atoms with van der Waals surface area (Å²) in [4.78, 5) is 57.2. The number of anilines is 2. The topological polar surface area (TPSA) is 109 Å².